The predicted molar refractivity (Wildman–Crippen MR) is 76.3 cm³/mol. The molecule has 4 nitrogen and oxygen atoms in total. The number of hydrogen-bond donors (Lipinski definition) is 2. The molecule has 0 radical (unpaired) electrons. The number of ether oxygens (including phenoxy) is 1. The Kier molecular flexibility index (Phi) is 5.15. The second-order valence-electron chi connectivity index (χ2n) is 4.26. The Balaban J connectivity index is 2.19. The number of benzene rings is 2. The van der Waals surface area contributed by atoms with Gasteiger partial charge in [-0.05, 0) is 11.1 Å². The molecule has 0 aliphatic carbocycles. The molecule has 0 fully saturated rings. The van der Waals surface area contributed by atoms with Gasteiger partial charge in [-0.2, -0.15) is 0 Å². The Labute approximate surface area is 118 Å². The maximum absolute atomic E-state index is 11.7. The number of amides is 1. The number of carbonyl (C=O) groups is 1. The van der Waals surface area contributed by atoms with Crippen molar-refractivity contribution in [3.05, 3.63) is 71.8 Å². The van der Waals surface area contributed by atoms with Gasteiger partial charge >= 0.3 is 6.09 Å². The summed E-state index contributed by atoms with van der Waals surface area (Å²) < 4.78 is 4.86. The van der Waals surface area contributed by atoms with Gasteiger partial charge in [-0.3, -0.25) is 0 Å². The van der Waals surface area contributed by atoms with Crippen LogP contribution in [0.1, 0.15) is 17.2 Å². The smallest absolute Gasteiger partial charge is 0.407 e. The third kappa shape index (κ3) is 3.83. The number of alkyl carbamates (subject to hydrolysis) is 1. The van der Waals surface area contributed by atoms with Crippen molar-refractivity contribution in [2.24, 2.45) is 0 Å². The first kappa shape index (κ1) is 14.1. The van der Waals surface area contributed by atoms with Gasteiger partial charge in [-0.25, -0.2) is 4.79 Å². The van der Waals surface area contributed by atoms with Crippen molar-refractivity contribution in [1.29, 1.82) is 0 Å². The fourth-order valence-electron chi connectivity index (χ4n) is 1.95. The van der Waals surface area contributed by atoms with E-state index < -0.39 is 6.09 Å². The minimum Gasteiger partial charge on any atom is -0.447 e. The molecule has 2 N–H and O–H groups in total. The van der Waals surface area contributed by atoms with E-state index >= 15 is 0 Å². The van der Waals surface area contributed by atoms with Gasteiger partial charge in [0.15, 0.2) is 0 Å². The molecule has 2 rings (SSSR count). The summed E-state index contributed by atoms with van der Waals surface area (Å²) in [5.74, 6) is 0. The zero-order chi connectivity index (χ0) is 14.2. The van der Waals surface area contributed by atoms with Crippen molar-refractivity contribution in [3.63, 3.8) is 0 Å². The van der Waals surface area contributed by atoms with Gasteiger partial charge in [-0.15, -0.1) is 0 Å². The van der Waals surface area contributed by atoms with Crippen LogP contribution < -0.4 is 5.32 Å². The normalized spacial score (nSPS) is 10.3. The van der Waals surface area contributed by atoms with Crippen molar-refractivity contribution in [2.45, 2.75) is 6.04 Å². The monoisotopic (exact) mass is 271 g/mol. The molecule has 0 aromatic heterocycles. The van der Waals surface area contributed by atoms with Crippen LogP contribution in [0.3, 0.4) is 0 Å². The summed E-state index contributed by atoms with van der Waals surface area (Å²) in [6.07, 6.45) is -0.545. The van der Waals surface area contributed by atoms with Gasteiger partial charge in [0.05, 0.1) is 12.6 Å². The number of aliphatic hydroxyl groups excluding tert-OH is 1. The van der Waals surface area contributed by atoms with E-state index in [0.717, 1.165) is 11.1 Å². The molecule has 2 aromatic rings. The molecule has 0 unspecified atom stereocenters. The highest BCUT2D eigenvalue weighted by Gasteiger charge is 2.16. The molecule has 0 saturated carbocycles. The summed E-state index contributed by atoms with van der Waals surface area (Å²) in [5, 5.41) is 11.5. The largest absolute Gasteiger partial charge is 0.447 e. The van der Waals surface area contributed by atoms with E-state index in [4.69, 9.17) is 9.84 Å². The van der Waals surface area contributed by atoms with Crippen LogP contribution in [0.5, 0.6) is 0 Å². The Morgan fingerprint density at radius 3 is 1.95 bits per heavy atom. The number of rotatable bonds is 5. The van der Waals surface area contributed by atoms with Crippen LogP contribution in [0.2, 0.25) is 0 Å². The van der Waals surface area contributed by atoms with Crippen molar-refractivity contribution in [1.82, 2.24) is 5.32 Å². The highest BCUT2D eigenvalue weighted by Crippen LogP contribution is 2.21. The maximum atomic E-state index is 11.7. The van der Waals surface area contributed by atoms with Crippen LogP contribution in [0.4, 0.5) is 4.79 Å². The van der Waals surface area contributed by atoms with Gasteiger partial charge in [0.2, 0.25) is 0 Å². The first-order valence-corrected chi connectivity index (χ1v) is 6.45. The maximum Gasteiger partial charge on any atom is 0.407 e. The quantitative estimate of drug-likeness (QED) is 0.878. The van der Waals surface area contributed by atoms with Crippen molar-refractivity contribution >= 4 is 6.09 Å². The zero-order valence-electron chi connectivity index (χ0n) is 11.0. The number of carbonyl (C=O) groups excluding carboxylic acids is 1. The predicted octanol–water partition coefficient (Wildman–Crippen LogP) is 2.49. The topological polar surface area (TPSA) is 58.6 Å². The number of nitrogens with one attached hydrogen (secondary N) is 1. The number of hydrogen-bond acceptors (Lipinski definition) is 3. The van der Waals surface area contributed by atoms with E-state index in [9.17, 15) is 4.79 Å². The summed E-state index contributed by atoms with van der Waals surface area (Å²) in [6, 6.07) is 19.1. The SMILES string of the molecule is O=C(NC(c1ccccc1)c1ccccc1)OCCO. The zero-order valence-corrected chi connectivity index (χ0v) is 11.0. The Morgan fingerprint density at radius 1 is 1.00 bits per heavy atom. The van der Waals surface area contributed by atoms with Crippen LogP contribution in [-0.2, 0) is 4.74 Å². The first-order valence-electron chi connectivity index (χ1n) is 6.45. The summed E-state index contributed by atoms with van der Waals surface area (Å²) in [4.78, 5) is 11.7. The molecule has 0 bridgehead atoms. The van der Waals surface area contributed by atoms with Gasteiger partial charge in [-0.1, -0.05) is 60.7 Å². The summed E-state index contributed by atoms with van der Waals surface area (Å²) in [5.41, 5.74) is 1.94. The first-order chi connectivity index (χ1) is 9.81. The van der Waals surface area contributed by atoms with Crippen molar-refractivity contribution in [2.75, 3.05) is 13.2 Å². The molecule has 2 aromatic carbocycles. The molecule has 104 valence electrons. The van der Waals surface area contributed by atoms with Gasteiger partial charge in [0.1, 0.15) is 6.61 Å². The van der Waals surface area contributed by atoms with Crippen molar-refractivity contribution in [3.8, 4) is 0 Å². The molecular formula is C16H17NO3. The van der Waals surface area contributed by atoms with Crippen LogP contribution >= 0.6 is 0 Å². The van der Waals surface area contributed by atoms with E-state index in [2.05, 4.69) is 5.32 Å². The highest BCUT2D eigenvalue weighted by atomic mass is 16.6. The average Bonchev–Trinajstić information content (AvgIpc) is 2.52. The van der Waals surface area contributed by atoms with E-state index in [1.54, 1.807) is 0 Å². The standard InChI is InChI=1S/C16H17NO3/c18-11-12-20-16(19)17-15(13-7-3-1-4-8-13)14-9-5-2-6-10-14/h1-10,15,18H,11-12H2,(H,17,19). The van der Waals surface area contributed by atoms with Crippen LogP contribution in [0, 0.1) is 0 Å². The summed E-state index contributed by atoms with van der Waals surface area (Å²) in [7, 11) is 0. The van der Waals surface area contributed by atoms with Gasteiger partial charge in [0, 0.05) is 0 Å². The minimum atomic E-state index is -0.545. The molecule has 0 atom stereocenters. The minimum absolute atomic E-state index is 0.0118. The molecule has 0 heterocycles. The molecular weight excluding hydrogens is 254 g/mol. The summed E-state index contributed by atoms with van der Waals surface area (Å²) in [6.45, 7) is -0.198. The fourth-order valence-corrected chi connectivity index (χ4v) is 1.95. The Bertz CT molecular complexity index is 488. The van der Waals surface area contributed by atoms with E-state index in [1.807, 2.05) is 60.7 Å². The summed E-state index contributed by atoms with van der Waals surface area (Å²) >= 11 is 0. The lowest BCUT2D eigenvalue weighted by Crippen LogP contribution is -2.30. The second kappa shape index (κ2) is 7.31. The average molecular weight is 271 g/mol. The lowest BCUT2D eigenvalue weighted by Gasteiger charge is -2.19. The van der Waals surface area contributed by atoms with E-state index in [-0.39, 0.29) is 19.3 Å². The molecule has 0 aliphatic heterocycles. The third-order valence-electron chi connectivity index (χ3n) is 2.85. The van der Waals surface area contributed by atoms with E-state index in [1.165, 1.54) is 0 Å². The molecule has 0 saturated heterocycles. The number of aliphatic hydroxyl groups is 1. The van der Waals surface area contributed by atoms with Crippen LogP contribution in [-0.4, -0.2) is 24.4 Å². The van der Waals surface area contributed by atoms with Gasteiger partial charge < -0.3 is 15.2 Å². The fraction of sp³-hybridized carbons (Fsp3) is 0.188. The lowest BCUT2D eigenvalue weighted by atomic mass is 9.99. The Hall–Kier alpha value is -2.33. The highest BCUT2D eigenvalue weighted by molar-refractivity contribution is 5.68. The Morgan fingerprint density at radius 2 is 1.50 bits per heavy atom. The van der Waals surface area contributed by atoms with E-state index in [0.29, 0.717) is 0 Å². The molecule has 0 spiro atoms. The van der Waals surface area contributed by atoms with Crippen LogP contribution in [0.15, 0.2) is 60.7 Å². The lowest BCUT2D eigenvalue weighted by molar-refractivity contribution is 0.117. The molecule has 4 heteroatoms. The van der Waals surface area contributed by atoms with Crippen LogP contribution in [0.25, 0.3) is 0 Å². The third-order valence-corrected chi connectivity index (χ3v) is 2.85. The molecule has 0 aliphatic rings. The molecule has 1 amide bonds. The molecule has 20 heavy (non-hydrogen) atoms. The van der Waals surface area contributed by atoms with Crippen molar-refractivity contribution < 1.29 is 14.6 Å². The second-order valence-corrected chi connectivity index (χ2v) is 4.26. The van der Waals surface area contributed by atoms with Gasteiger partial charge in [0.25, 0.3) is 0 Å².